The highest BCUT2D eigenvalue weighted by atomic mass is 16.4. The molecule has 20 heavy (non-hydrogen) atoms. The second-order valence-corrected chi connectivity index (χ2v) is 4.82. The number of amides is 1. The number of aliphatic carboxylic acids is 1. The quantitative estimate of drug-likeness (QED) is 0.844. The standard InChI is InChI=1S/C14H18N2O4/c17-12-3-1-11(2-4-12)14(20)16-9-7-15(8-10-16)6-5-13(18)19/h1-4,17H,5-10H2,(H,18,19). The van der Waals surface area contributed by atoms with Crippen LogP contribution in [0.15, 0.2) is 24.3 Å². The fraction of sp³-hybridized carbons (Fsp3) is 0.429. The predicted molar refractivity (Wildman–Crippen MR) is 72.7 cm³/mol. The average molecular weight is 278 g/mol. The summed E-state index contributed by atoms with van der Waals surface area (Å²) in [5.74, 6) is -0.712. The Morgan fingerprint density at radius 1 is 1.05 bits per heavy atom. The second-order valence-electron chi connectivity index (χ2n) is 4.82. The van der Waals surface area contributed by atoms with Crippen LogP contribution in [0.2, 0.25) is 0 Å². The minimum absolute atomic E-state index is 0.0529. The summed E-state index contributed by atoms with van der Waals surface area (Å²) >= 11 is 0. The van der Waals surface area contributed by atoms with E-state index in [-0.39, 0.29) is 18.1 Å². The Labute approximate surface area is 117 Å². The van der Waals surface area contributed by atoms with E-state index >= 15 is 0 Å². The van der Waals surface area contributed by atoms with Crippen LogP contribution in [0.4, 0.5) is 0 Å². The summed E-state index contributed by atoms with van der Waals surface area (Å²) in [5, 5.41) is 17.9. The lowest BCUT2D eigenvalue weighted by Gasteiger charge is -2.34. The molecule has 0 aliphatic carbocycles. The Morgan fingerprint density at radius 3 is 2.20 bits per heavy atom. The van der Waals surface area contributed by atoms with E-state index in [0.717, 1.165) is 0 Å². The lowest BCUT2D eigenvalue weighted by molar-refractivity contribution is -0.137. The van der Waals surface area contributed by atoms with Crippen molar-refractivity contribution in [2.45, 2.75) is 6.42 Å². The molecule has 0 atom stereocenters. The van der Waals surface area contributed by atoms with Crippen molar-refractivity contribution in [2.24, 2.45) is 0 Å². The zero-order valence-corrected chi connectivity index (χ0v) is 11.2. The summed E-state index contributed by atoms with van der Waals surface area (Å²) < 4.78 is 0. The van der Waals surface area contributed by atoms with Gasteiger partial charge in [0.25, 0.3) is 5.91 Å². The maximum Gasteiger partial charge on any atom is 0.304 e. The van der Waals surface area contributed by atoms with Crippen molar-refractivity contribution >= 4 is 11.9 Å². The Kier molecular flexibility index (Phi) is 4.57. The molecule has 0 aromatic heterocycles. The van der Waals surface area contributed by atoms with Gasteiger partial charge in [-0.3, -0.25) is 14.5 Å². The maximum absolute atomic E-state index is 12.2. The number of carboxylic acid groups (broad SMARTS) is 1. The van der Waals surface area contributed by atoms with Crippen molar-refractivity contribution in [3.63, 3.8) is 0 Å². The number of aromatic hydroxyl groups is 1. The Balaban J connectivity index is 1.85. The minimum atomic E-state index is -0.799. The molecule has 6 heteroatoms. The molecular formula is C14H18N2O4. The van der Waals surface area contributed by atoms with Crippen LogP contribution in [0, 0.1) is 0 Å². The van der Waals surface area contributed by atoms with Crippen molar-refractivity contribution in [1.82, 2.24) is 9.80 Å². The van der Waals surface area contributed by atoms with Gasteiger partial charge >= 0.3 is 5.97 Å². The Bertz CT molecular complexity index is 478. The van der Waals surface area contributed by atoms with Crippen LogP contribution < -0.4 is 0 Å². The number of hydrogen-bond donors (Lipinski definition) is 2. The summed E-state index contributed by atoms with van der Waals surface area (Å²) in [5.41, 5.74) is 0.557. The third-order valence-corrected chi connectivity index (χ3v) is 3.42. The average Bonchev–Trinajstić information content (AvgIpc) is 2.46. The zero-order chi connectivity index (χ0) is 14.5. The Hall–Kier alpha value is -2.08. The summed E-state index contributed by atoms with van der Waals surface area (Å²) in [6, 6.07) is 6.20. The molecule has 108 valence electrons. The van der Waals surface area contributed by atoms with Gasteiger partial charge in [0.2, 0.25) is 0 Å². The number of carbonyl (C=O) groups excluding carboxylic acids is 1. The lowest BCUT2D eigenvalue weighted by atomic mass is 10.1. The van der Waals surface area contributed by atoms with Gasteiger partial charge in [-0.25, -0.2) is 0 Å². The highest BCUT2D eigenvalue weighted by molar-refractivity contribution is 5.94. The molecule has 0 spiro atoms. The van der Waals surface area contributed by atoms with E-state index in [1.54, 1.807) is 17.0 Å². The molecule has 1 saturated heterocycles. The highest BCUT2D eigenvalue weighted by Gasteiger charge is 2.22. The first-order valence-electron chi connectivity index (χ1n) is 6.59. The van der Waals surface area contributed by atoms with Gasteiger partial charge in [-0.05, 0) is 24.3 Å². The van der Waals surface area contributed by atoms with E-state index in [1.807, 2.05) is 0 Å². The molecule has 1 amide bonds. The van der Waals surface area contributed by atoms with E-state index in [9.17, 15) is 14.7 Å². The topological polar surface area (TPSA) is 81.1 Å². The minimum Gasteiger partial charge on any atom is -0.508 e. The van der Waals surface area contributed by atoms with Gasteiger partial charge in [-0.1, -0.05) is 0 Å². The first kappa shape index (κ1) is 14.3. The third-order valence-electron chi connectivity index (χ3n) is 3.42. The first-order chi connectivity index (χ1) is 9.56. The molecule has 0 radical (unpaired) electrons. The first-order valence-corrected chi connectivity index (χ1v) is 6.59. The zero-order valence-electron chi connectivity index (χ0n) is 11.2. The highest BCUT2D eigenvalue weighted by Crippen LogP contribution is 2.13. The molecule has 0 saturated carbocycles. The third kappa shape index (κ3) is 3.71. The summed E-state index contributed by atoms with van der Waals surface area (Å²) in [4.78, 5) is 26.5. The number of phenols is 1. The number of carbonyl (C=O) groups is 2. The van der Waals surface area contributed by atoms with Crippen molar-refractivity contribution in [3.8, 4) is 5.75 Å². The van der Waals surface area contributed by atoms with E-state index in [1.165, 1.54) is 12.1 Å². The molecule has 1 aromatic carbocycles. The van der Waals surface area contributed by atoms with Crippen LogP contribution in [-0.4, -0.2) is 64.6 Å². The number of hydrogen-bond acceptors (Lipinski definition) is 4. The number of rotatable bonds is 4. The molecule has 0 bridgehead atoms. The van der Waals surface area contributed by atoms with Gasteiger partial charge in [0.15, 0.2) is 0 Å². The molecule has 1 heterocycles. The summed E-state index contributed by atoms with van der Waals surface area (Å²) in [6.45, 7) is 3.10. The van der Waals surface area contributed by atoms with Crippen molar-refractivity contribution in [1.29, 1.82) is 0 Å². The molecule has 2 rings (SSSR count). The van der Waals surface area contributed by atoms with E-state index in [4.69, 9.17) is 5.11 Å². The van der Waals surface area contributed by atoms with E-state index in [0.29, 0.717) is 38.3 Å². The van der Waals surface area contributed by atoms with Gasteiger partial charge in [0.05, 0.1) is 6.42 Å². The van der Waals surface area contributed by atoms with Crippen molar-refractivity contribution < 1.29 is 19.8 Å². The molecule has 6 nitrogen and oxygen atoms in total. The number of piperazine rings is 1. The van der Waals surface area contributed by atoms with Crippen molar-refractivity contribution in [2.75, 3.05) is 32.7 Å². The molecule has 1 fully saturated rings. The summed E-state index contributed by atoms with van der Waals surface area (Å²) in [7, 11) is 0. The van der Waals surface area contributed by atoms with Gasteiger partial charge in [-0.2, -0.15) is 0 Å². The normalized spacial score (nSPS) is 16.1. The van der Waals surface area contributed by atoms with Crippen molar-refractivity contribution in [3.05, 3.63) is 29.8 Å². The SMILES string of the molecule is O=C(O)CCN1CCN(C(=O)c2ccc(O)cc2)CC1. The molecule has 1 aromatic rings. The molecule has 0 unspecified atom stereocenters. The van der Waals surface area contributed by atoms with Gasteiger partial charge < -0.3 is 15.1 Å². The maximum atomic E-state index is 12.2. The fourth-order valence-corrected chi connectivity index (χ4v) is 2.21. The summed E-state index contributed by atoms with van der Waals surface area (Å²) in [6.07, 6.45) is 0.131. The largest absolute Gasteiger partial charge is 0.508 e. The number of nitrogens with zero attached hydrogens (tertiary/aromatic N) is 2. The number of phenolic OH excluding ortho intramolecular Hbond substituents is 1. The van der Waals surface area contributed by atoms with E-state index < -0.39 is 5.97 Å². The Morgan fingerprint density at radius 2 is 1.65 bits per heavy atom. The van der Waals surface area contributed by atoms with Crippen LogP contribution in [-0.2, 0) is 4.79 Å². The van der Waals surface area contributed by atoms with Crippen LogP contribution >= 0.6 is 0 Å². The van der Waals surface area contributed by atoms with Crippen LogP contribution in [0.1, 0.15) is 16.8 Å². The van der Waals surface area contributed by atoms with E-state index in [2.05, 4.69) is 4.90 Å². The monoisotopic (exact) mass is 278 g/mol. The number of carboxylic acids is 1. The fourth-order valence-electron chi connectivity index (χ4n) is 2.21. The second kappa shape index (κ2) is 6.38. The molecule has 1 aliphatic heterocycles. The van der Waals surface area contributed by atoms with Crippen LogP contribution in [0.5, 0.6) is 5.75 Å². The smallest absolute Gasteiger partial charge is 0.304 e. The molecule has 1 aliphatic rings. The molecular weight excluding hydrogens is 260 g/mol. The van der Waals surface area contributed by atoms with Gasteiger partial charge in [0.1, 0.15) is 5.75 Å². The number of benzene rings is 1. The van der Waals surface area contributed by atoms with Crippen LogP contribution in [0.25, 0.3) is 0 Å². The van der Waals surface area contributed by atoms with Gasteiger partial charge in [-0.15, -0.1) is 0 Å². The van der Waals surface area contributed by atoms with Crippen LogP contribution in [0.3, 0.4) is 0 Å². The predicted octanol–water partition coefficient (Wildman–Crippen LogP) is 0.625. The molecule has 2 N–H and O–H groups in total. The van der Waals surface area contributed by atoms with Gasteiger partial charge in [0, 0.05) is 38.3 Å². The lowest BCUT2D eigenvalue weighted by Crippen LogP contribution is -2.49.